The molecular weight excluding hydrogens is 191 g/mol. The number of allylic oxidation sites excluding steroid dienone is 2. The van der Waals surface area contributed by atoms with Crippen LogP contribution in [0.4, 0.5) is 4.39 Å². The second-order valence-corrected chi connectivity index (χ2v) is 2.59. The molecule has 90 valence electrons. The number of ether oxygens (including phenoxy) is 1. The topological polar surface area (TPSA) is 9.23 Å². The van der Waals surface area contributed by atoms with Crippen molar-refractivity contribution in [2.75, 3.05) is 7.11 Å². The Bertz CT molecular complexity index is 195. The summed E-state index contributed by atoms with van der Waals surface area (Å²) in [5, 5.41) is 0. The van der Waals surface area contributed by atoms with Gasteiger partial charge in [-0.1, -0.05) is 40.7 Å². The minimum Gasteiger partial charge on any atom is -0.377 e. The molecule has 0 radical (unpaired) electrons. The molecule has 0 fully saturated rings. The normalized spacial score (nSPS) is 18.7. The van der Waals surface area contributed by atoms with Gasteiger partial charge in [-0.25, -0.2) is 4.39 Å². The Balaban J connectivity index is 0. The van der Waals surface area contributed by atoms with Gasteiger partial charge in [-0.05, 0) is 24.5 Å². The molecule has 1 aliphatic rings. The summed E-state index contributed by atoms with van der Waals surface area (Å²) in [5.41, 5.74) is 0.787. The lowest BCUT2D eigenvalue weighted by atomic mass is 9.99. The van der Waals surface area contributed by atoms with E-state index in [-0.39, 0.29) is 11.9 Å². The third-order valence-electron chi connectivity index (χ3n) is 1.98. The lowest BCUT2D eigenvalue weighted by Crippen LogP contribution is -2.15. The molecule has 1 nitrogen and oxygen atoms in total. The van der Waals surface area contributed by atoms with Crippen molar-refractivity contribution in [2.24, 2.45) is 0 Å². The largest absolute Gasteiger partial charge is 0.377 e. The maximum Gasteiger partial charge on any atom is 0.124 e. The van der Waals surface area contributed by atoms with Gasteiger partial charge in [0.25, 0.3) is 0 Å². The van der Waals surface area contributed by atoms with Crippen molar-refractivity contribution < 1.29 is 9.13 Å². The van der Waals surface area contributed by atoms with Gasteiger partial charge < -0.3 is 4.74 Å². The van der Waals surface area contributed by atoms with Crippen molar-refractivity contribution in [1.29, 1.82) is 0 Å². The van der Waals surface area contributed by atoms with Crippen molar-refractivity contribution in [3.05, 3.63) is 23.6 Å². The molecule has 0 N–H and O–H groups in total. The van der Waals surface area contributed by atoms with Crippen LogP contribution < -0.4 is 0 Å². The fourth-order valence-electron chi connectivity index (χ4n) is 1.33. The van der Waals surface area contributed by atoms with E-state index in [1.807, 2.05) is 40.7 Å². The van der Waals surface area contributed by atoms with Gasteiger partial charge in [0.2, 0.25) is 0 Å². The van der Waals surface area contributed by atoms with Gasteiger partial charge >= 0.3 is 0 Å². The Morgan fingerprint density at radius 3 is 2.20 bits per heavy atom. The van der Waals surface area contributed by atoms with E-state index in [0.717, 1.165) is 18.4 Å². The fraction of sp³-hybridized carbons (Fsp3) is 0.692. The highest BCUT2D eigenvalue weighted by atomic mass is 19.1. The lowest BCUT2D eigenvalue weighted by Gasteiger charge is -2.19. The number of rotatable bonds is 2. The van der Waals surface area contributed by atoms with E-state index in [9.17, 15) is 4.39 Å². The first-order chi connectivity index (χ1) is 7.29. The van der Waals surface area contributed by atoms with E-state index < -0.39 is 0 Å². The Kier molecular flexibility index (Phi) is 12.8. The molecule has 1 unspecified atom stereocenters. The molecule has 0 saturated carbocycles. The molecule has 2 heteroatoms. The molecule has 0 bridgehead atoms. The van der Waals surface area contributed by atoms with Crippen LogP contribution >= 0.6 is 0 Å². The van der Waals surface area contributed by atoms with Crippen molar-refractivity contribution in [3.8, 4) is 0 Å². The number of hydrogen-bond donors (Lipinski definition) is 0. The molecule has 0 aromatic heterocycles. The molecule has 0 amide bonds. The Morgan fingerprint density at radius 1 is 1.33 bits per heavy atom. The van der Waals surface area contributed by atoms with Crippen LogP contribution in [0.1, 0.15) is 47.5 Å². The van der Waals surface area contributed by atoms with E-state index in [2.05, 4.69) is 0 Å². The van der Waals surface area contributed by atoms with Gasteiger partial charge in [0.1, 0.15) is 5.83 Å². The van der Waals surface area contributed by atoms with Gasteiger partial charge in [-0.3, -0.25) is 0 Å². The van der Waals surface area contributed by atoms with Crippen LogP contribution in [-0.4, -0.2) is 13.2 Å². The first-order valence-corrected chi connectivity index (χ1v) is 5.87. The van der Waals surface area contributed by atoms with Gasteiger partial charge in [-0.2, -0.15) is 0 Å². The van der Waals surface area contributed by atoms with E-state index in [4.69, 9.17) is 4.74 Å². The van der Waals surface area contributed by atoms with Crippen LogP contribution in [-0.2, 0) is 4.74 Å². The number of halogens is 1. The quantitative estimate of drug-likeness (QED) is 0.653. The van der Waals surface area contributed by atoms with Gasteiger partial charge in [0, 0.05) is 7.11 Å². The summed E-state index contributed by atoms with van der Waals surface area (Å²) in [6.07, 6.45) is 4.82. The zero-order valence-electron chi connectivity index (χ0n) is 10.9. The average Bonchev–Trinajstić information content (AvgIpc) is 2.33. The molecule has 1 aliphatic carbocycles. The summed E-state index contributed by atoms with van der Waals surface area (Å²) in [7, 11) is 1.62. The van der Waals surface area contributed by atoms with Crippen molar-refractivity contribution in [3.63, 3.8) is 0 Å². The highest BCUT2D eigenvalue weighted by molar-refractivity contribution is 5.27. The second-order valence-electron chi connectivity index (χ2n) is 2.59. The molecule has 1 atom stereocenters. The molecule has 15 heavy (non-hydrogen) atoms. The Hall–Kier alpha value is -0.630. The van der Waals surface area contributed by atoms with Crippen molar-refractivity contribution in [2.45, 2.75) is 53.6 Å². The minimum atomic E-state index is -0.120. The van der Waals surface area contributed by atoms with Crippen LogP contribution in [0.15, 0.2) is 23.6 Å². The lowest BCUT2D eigenvalue weighted by molar-refractivity contribution is 0.128. The zero-order valence-corrected chi connectivity index (χ0v) is 10.9. The fourth-order valence-corrected chi connectivity index (χ4v) is 1.33. The summed E-state index contributed by atoms with van der Waals surface area (Å²) in [4.78, 5) is 0. The van der Waals surface area contributed by atoms with Crippen LogP contribution in [0.25, 0.3) is 0 Å². The van der Waals surface area contributed by atoms with Gasteiger partial charge in [-0.15, -0.1) is 0 Å². The van der Waals surface area contributed by atoms with Crippen molar-refractivity contribution in [1.82, 2.24) is 0 Å². The second kappa shape index (κ2) is 11.4. The Morgan fingerprint density at radius 2 is 1.87 bits per heavy atom. The van der Waals surface area contributed by atoms with Crippen molar-refractivity contribution >= 4 is 0 Å². The molecule has 0 aromatic rings. The van der Waals surface area contributed by atoms with E-state index in [0.29, 0.717) is 0 Å². The third kappa shape index (κ3) is 5.73. The number of hydrogen-bond acceptors (Lipinski definition) is 1. The molecule has 0 heterocycles. The predicted molar refractivity (Wildman–Crippen MR) is 65.7 cm³/mol. The standard InChI is InChI=1S/C9H13FO.2C2H6/c1-3-7-8(10)5-4-6-9(7)11-2;2*1-2/h4-5,9H,3,6H2,1-2H3;2*1-2H3. The molecule has 0 spiro atoms. The first-order valence-electron chi connectivity index (χ1n) is 5.87. The maximum absolute atomic E-state index is 13.0. The monoisotopic (exact) mass is 216 g/mol. The van der Waals surface area contributed by atoms with Crippen LogP contribution in [0.2, 0.25) is 0 Å². The first kappa shape index (κ1) is 16.8. The Labute approximate surface area is 94.0 Å². The highest BCUT2D eigenvalue weighted by Crippen LogP contribution is 2.24. The summed E-state index contributed by atoms with van der Waals surface area (Å²) in [6, 6.07) is 0. The van der Waals surface area contributed by atoms with E-state index in [1.54, 1.807) is 7.11 Å². The molecule has 0 saturated heterocycles. The molecule has 0 aliphatic heterocycles. The summed E-state index contributed by atoms with van der Waals surface area (Å²) in [5.74, 6) is -0.120. The third-order valence-corrected chi connectivity index (χ3v) is 1.98. The van der Waals surface area contributed by atoms with Crippen LogP contribution in [0.5, 0.6) is 0 Å². The highest BCUT2D eigenvalue weighted by Gasteiger charge is 2.17. The van der Waals surface area contributed by atoms with Gasteiger partial charge in [0.15, 0.2) is 0 Å². The molecular formula is C13H25FO. The predicted octanol–water partition coefficient (Wildman–Crippen LogP) is 4.65. The summed E-state index contributed by atoms with van der Waals surface area (Å²) < 4.78 is 18.1. The SMILES string of the molecule is CC.CC.CCC1=C(F)C=CCC1OC. The minimum absolute atomic E-state index is 0.0370. The maximum atomic E-state index is 13.0. The molecule has 0 aromatic carbocycles. The summed E-state index contributed by atoms with van der Waals surface area (Å²) in [6.45, 7) is 9.94. The van der Waals surface area contributed by atoms with Crippen LogP contribution in [0, 0.1) is 0 Å². The van der Waals surface area contributed by atoms with E-state index >= 15 is 0 Å². The molecule has 1 rings (SSSR count). The van der Waals surface area contributed by atoms with Crippen LogP contribution in [0.3, 0.4) is 0 Å². The smallest absolute Gasteiger partial charge is 0.124 e. The zero-order chi connectivity index (χ0) is 12.3. The van der Waals surface area contributed by atoms with Gasteiger partial charge in [0.05, 0.1) is 6.10 Å². The summed E-state index contributed by atoms with van der Waals surface area (Å²) >= 11 is 0. The average molecular weight is 216 g/mol. The number of methoxy groups -OCH3 is 1. The van der Waals surface area contributed by atoms with E-state index in [1.165, 1.54) is 6.08 Å².